The molecule has 2 N–H and O–H groups in total. The molecule has 1 rings (SSSR count). The molecule has 1 unspecified atom stereocenters. The first-order valence-corrected chi connectivity index (χ1v) is 5.72. The van der Waals surface area contributed by atoms with Gasteiger partial charge in [0.2, 0.25) is 5.91 Å². The highest BCUT2D eigenvalue weighted by Gasteiger charge is 2.57. The van der Waals surface area contributed by atoms with E-state index in [-0.39, 0.29) is 12.5 Å². The van der Waals surface area contributed by atoms with Crippen molar-refractivity contribution in [3.63, 3.8) is 0 Å². The number of aliphatic carboxylic acids is 1. The van der Waals surface area contributed by atoms with E-state index in [0.717, 1.165) is 0 Å². The van der Waals surface area contributed by atoms with E-state index >= 15 is 0 Å². The Balaban J connectivity index is 2.94. The molecule has 0 aromatic rings. The quantitative estimate of drug-likeness (QED) is 0.714. The zero-order chi connectivity index (χ0) is 13.3. The van der Waals surface area contributed by atoms with Crippen LogP contribution in [0.4, 0.5) is 0 Å². The smallest absolute Gasteiger partial charge is 0.307 e. The lowest BCUT2D eigenvalue weighted by atomic mass is 9.65. The maximum atomic E-state index is 12.0. The second-order valence-corrected chi connectivity index (χ2v) is 5.36. The lowest BCUT2D eigenvalue weighted by Gasteiger charge is -2.38. The van der Waals surface area contributed by atoms with Gasteiger partial charge in [-0.2, -0.15) is 0 Å². The molecular formula is C12H19NO4. The Morgan fingerprint density at radius 2 is 2.00 bits per heavy atom. The van der Waals surface area contributed by atoms with Crippen LogP contribution in [-0.2, 0) is 14.4 Å². The van der Waals surface area contributed by atoms with Crippen molar-refractivity contribution in [1.82, 2.24) is 5.32 Å². The number of nitrogens with one attached hydrogen (secondary N) is 1. The van der Waals surface area contributed by atoms with E-state index in [4.69, 9.17) is 5.11 Å². The van der Waals surface area contributed by atoms with Crippen LogP contribution in [0, 0.1) is 16.7 Å². The van der Waals surface area contributed by atoms with E-state index in [1.165, 1.54) is 0 Å². The average Bonchev–Trinajstić information content (AvgIpc) is 2.48. The van der Waals surface area contributed by atoms with Crippen LogP contribution in [0.3, 0.4) is 0 Å². The fourth-order valence-corrected chi connectivity index (χ4v) is 2.67. The molecule has 5 nitrogen and oxygen atoms in total. The first-order chi connectivity index (χ1) is 7.77. The Hall–Kier alpha value is -1.39. The molecule has 0 radical (unpaired) electrons. The summed E-state index contributed by atoms with van der Waals surface area (Å²) in [6.45, 7) is 5.36. The van der Waals surface area contributed by atoms with E-state index in [1.54, 1.807) is 20.8 Å². The molecule has 1 saturated carbocycles. The molecule has 1 fully saturated rings. The molecule has 2 atom stereocenters. The van der Waals surface area contributed by atoms with Gasteiger partial charge in [0, 0.05) is 0 Å². The van der Waals surface area contributed by atoms with Crippen LogP contribution in [0.25, 0.3) is 0 Å². The second-order valence-electron chi connectivity index (χ2n) is 5.36. The summed E-state index contributed by atoms with van der Waals surface area (Å²) in [7, 11) is 0. The summed E-state index contributed by atoms with van der Waals surface area (Å²) in [6.07, 6.45) is 1.65. The normalized spacial score (nSPS) is 30.9. The number of carboxylic acid groups (broad SMARTS) is 1. The number of hydrogen-bond acceptors (Lipinski definition) is 3. The van der Waals surface area contributed by atoms with Crippen LogP contribution in [0.1, 0.15) is 33.6 Å². The molecule has 0 bridgehead atoms. The van der Waals surface area contributed by atoms with Crippen LogP contribution in [0.5, 0.6) is 0 Å². The number of hydrogen-bond donors (Lipinski definition) is 2. The van der Waals surface area contributed by atoms with Gasteiger partial charge in [0.05, 0.1) is 17.9 Å². The highest BCUT2D eigenvalue weighted by molar-refractivity contribution is 5.86. The zero-order valence-electron chi connectivity index (χ0n) is 10.4. The third kappa shape index (κ3) is 2.06. The Labute approximate surface area is 101 Å². The van der Waals surface area contributed by atoms with Gasteiger partial charge in [-0.25, -0.2) is 0 Å². The molecule has 5 heteroatoms. The molecule has 96 valence electrons. The lowest BCUT2D eigenvalue weighted by Crippen LogP contribution is -2.48. The monoisotopic (exact) mass is 241 g/mol. The van der Waals surface area contributed by atoms with Crippen LogP contribution in [-0.4, -0.2) is 29.8 Å². The maximum Gasteiger partial charge on any atom is 0.307 e. The minimum atomic E-state index is -0.859. The summed E-state index contributed by atoms with van der Waals surface area (Å²) in [5, 5.41) is 11.7. The second kappa shape index (κ2) is 4.47. The van der Waals surface area contributed by atoms with Gasteiger partial charge in [0.15, 0.2) is 0 Å². The number of amides is 1. The molecule has 0 aliphatic heterocycles. The van der Waals surface area contributed by atoms with Crippen molar-refractivity contribution in [2.45, 2.75) is 33.6 Å². The van der Waals surface area contributed by atoms with Crippen molar-refractivity contribution in [3.8, 4) is 0 Å². The van der Waals surface area contributed by atoms with Crippen LogP contribution >= 0.6 is 0 Å². The molecule has 1 aliphatic rings. The highest BCUT2D eigenvalue weighted by Crippen LogP contribution is 2.56. The summed E-state index contributed by atoms with van der Waals surface area (Å²) >= 11 is 0. The van der Waals surface area contributed by atoms with Gasteiger partial charge < -0.3 is 15.2 Å². The van der Waals surface area contributed by atoms with Crippen molar-refractivity contribution in [2.24, 2.45) is 16.7 Å². The fraction of sp³-hybridized carbons (Fsp3) is 0.750. The molecule has 17 heavy (non-hydrogen) atoms. The zero-order valence-corrected chi connectivity index (χ0v) is 10.4. The molecule has 0 heterocycles. The van der Waals surface area contributed by atoms with Crippen molar-refractivity contribution < 1.29 is 19.5 Å². The number of rotatable bonds is 4. The summed E-state index contributed by atoms with van der Waals surface area (Å²) in [5.41, 5.74) is -1.36. The third-order valence-electron chi connectivity index (χ3n) is 4.37. The largest absolute Gasteiger partial charge is 0.481 e. The molecule has 0 aromatic carbocycles. The molecule has 0 spiro atoms. The number of carboxylic acids is 1. The van der Waals surface area contributed by atoms with Crippen molar-refractivity contribution in [3.05, 3.63) is 0 Å². The van der Waals surface area contributed by atoms with Gasteiger partial charge >= 0.3 is 5.97 Å². The van der Waals surface area contributed by atoms with Gasteiger partial charge in [0.1, 0.15) is 6.29 Å². The van der Waals surface area contributed by atoms with Gasteiger partial charge in [-0.05, 0) is 18.3 Å². The summed E-state index contributed by atoms with van der Waals surface area (Å²) in [6, 6.07) is 0. The maximum absolute atomic E-state index is 12.0. The predicted octanol–water partition coefficient (Wildman–Crippen LogP) is 0.829. The minimum Gasteiger partial charge on any atom is -0.481 e. The molecule has 1 aliphatic carbocycles. The summed E-state index contributed by atoms with van der Waals surface area (Å²) in [4.78, 5) is 33.5. The molecular weight excluding hydrogens is 222 g/mol. The third-order valence-corrected chi connectivity index (χ3v) is 4.37. The van der Waals surface area contributed by atoms with Gasteiger partial charge in [-0.15, -0.1) is 0 Å². The Bertz CT molecular complexity index is 350. The summed E-state index contributed by atoms with van der Waals surface area (Å²) in [5.74, 6) is -1.62. The lowest BCUT2D eigenvalue weighted by molar-refractivity contribution is -0.148. The standard InChI is InChI=1S/C12H19NO4/c1-11(2)8(9(15)16)4-5-12(11,3)10(17)13-6-7-14/h7-8H,4-6H2,1-3H3,(H,13,17)(H,15,16)/t8?,12-/m0/s1. The fourth-order valence-electron chi connectivity index (χ4n) is 2.67. The van der Waals surface area contributed by atoms with Crippen LogP contribution in [0.2, 0.25) is 0 Å². The van der Waals surface area contributed by atoms with Crippen molar-refractivity contribution in [1.29, 1.82) is 0 Å². The first kappa shape index (κ1) is 13.7. The topological polar surface area (TPSA) is 83.5 Å². The Kier molecular flexibility index (Phi) is 3.59. The summed E-state index contributed by atoms with van der Waals surface area (Å²) < 4.78 is 0. The minimum absolute atomic E-state index is 0.0256. The molecule has 0 saturated heterocycles. The van der Waals surface area contributed by atoms with Crippen LogP contribution in [0.15, 0.2) is 0 Å². The van der Waals surface area contributed by atoms with Crippen molar-refractivity contribution >= 4 is 18.2 Å². The Morgan fingerprint density at radius 1 is 1.41 bits per heavy atom. The van der Waals surface area contributed by atoms with E-state index < -0.39 is 22.7 Å². The SMILES string of the molecule is CC1(C)C(C(=O)O)CC[C@@]1(C)C(=O)NCC=O. The number of carbonyl (C=O) groups excluding carboxylic acids is 2. The van der Waals surface area contributed by atoms with Gasteiger partial charge in [-0.3, -0.25) is 9.59 Å². The van der Waals surface area contributed by atoms with Crippen molar-refractivity contribution in [2.75, 3.05) is 6.54 Å². The highest BCUT2D eigenvalue weighted by atomic mass is 16.4. The number of aldehydes is 1. The van der Waals surface area contributed by atoms with E-state index in [0.29, 0.717) is 19.1 Å². The predicted molar refractivity (Wildman–Crippen MR) is 61.3 cm³/mol. The Morgan fingerprint density at radius 3 is 2.41 bits per heavy atom. The van der Waals surface area contributed by atoms with E-state index in [2.05, 4.69) is 5.32 Å². The number of carbonyl (C=O) groups is 3. The van der Waals surface area contributed by atoms with E-state index in [9.17, 15) is 14.4 Å². The first-order valence-electron chi connectivity index (χ1n) is 5.72. The van der Waals surface area contributed by atoms with Crippen LogP contribution < -0.4 is 5.32 Å². The molecule has 0 aromatic heterocycles. The van der Waals surface area contributed by atoms with Gasteiger partial charge in [0.25, 0.3) is 0 Å². The average molecular weight is 241 g/mol. The van der Waals surface area contributed by atoms with Gasteiger partial charge in [-0.1, -0.05) is 20.8 Å². The molecule has 1 amide bonds. The van der Waals surface area contributed by atoms with E-state index in [1.807, 2.05) is 0 Å².